The highest BCUT2D eigenvalue weighted by molar-refractivity contribution is 5.79. The van der Waals surface area contributed by atoms with Crippen LogP contribution in [0.2, 0.25) is 0 Å². The SMILES string of the molecule is O=C(Cc1cccc(C(F)(F)F)c1)NCc1cccnc1-c1ccncc1. The van der Waals surface area contributed by atoms with E-state index in [1.165, 1.54) is 12.1 Å². The number of benzene rings is 1. The number of carbonyl (C=O) groups is 1. The van der Waals surface area contributed by atoms with Crippen molar-refractivity contribution in [3.8, 4) is 11.3 Å². The van der Waals surface area contributed by atoms with E-state index in [9.17, 15) is 18.0 Å². The lowest BCUT2D eigenvalue weighted by molar-refractivity contribution is -0.137. The lowest BCUT2D eigenvalue weighted by Gasteiger charge is -2.11. The molecule has 0 atom stereocenters. The van der Waals surface area contributed by atoms with Gasteiger partial charge in [-0.1, -0.05) is 24.3 Å². The molecule has 0 bridgehead atoms. The van der Waals surface area contributed by atoms with Crippen LogP contribution in [0.25, 0.3) is 11.3 Å². The maximum atomic E-state index is 12.8. The summed E-state index contributed by atoms with van der Waals surface area (Å²) < 4.78 is 38.3. The molecular weight excluding hydrogens is 355 g/mol. The summed E-state index contributed by atoms with van der Waals surface area (Å²) in [6, 6.07) is 12.0. The van der Waals surface area contributed by atoms with Crippen LogP contribution in [-0.4, -0.2) is 15.9 Å². The van der Waals surface area contributed by atoms with Crippen LogP contribution in [0, 0.1) is 0 Å². The predicted molar refractivity (Wildman–Crippen MR) is 94.5 cm³/mol. The van der Waals surface area contributed by atoms with Gasteiger partial charge >= 0.3 is 6.18 Å². The predicted octanol–water partition coefficient (Wildman–Crippen LogP) is 4.02. The summed E-state index contributed by atoms with van der Waals surface area (Å²) in [5, 5.41) is 2.74. The summed E-state index contributed by atoms with van der Waals surface area (Å²) in [4.78, 5) is 20.5. The van der Waals surface area contributed by atoms with Crippen LogP contribution >= 0.6 is 0 Å². The number of hydrogen-bond donors (Lipinski definition) is 1. The first-order chi connectivity index (χ1) is 12.9. The van der Waals surface area contributed by atoms with Gasteiger partial charge in [-0.25, -0.2) is 0 Å². The summed E-state index contributed by atoms with van der Waals surface area (Å²) in [5.41, 5.74) is 1.94. The van der Waals surface area contributed by atoms with E-state index >= 15 is 0 Å². The third-order valence-electron chi connectivity index (χ3n) is 3.94. The average Bonchev–Trinajstić information content (AvgIpc) is 2.67. The van der Waals surface area contributed by atoms with Crippen molar-refractivity contribution in [2.24, 2.45) is 0 Å². The molecule has 0 aliphatic carbocycles. The Balaban J connectivity index is 1.67. The van der Waals surface area contributed by atoms with Gasteiger partial charge in [-0.05, 0) is 35.4 Å². The number of pyridine rings is 2. The largest absolute Gasteiger partial charge is 0.416 e. The van der Waals surface area contributed by atoms with E-state index in [4.69, 9.17) is 0 Å². The van der Waals surface area contributed by atoms with Gasteiger partial charge in [0.1, 0.15) is 0 Å². The Morgan fingerprint density at radius 3 is 2.52 bits per heavy atom. The molecule has 2 aromatic heterocycles. The van der Waals surface area contributed by atoms with E-state index < -0.39 is 11.7 Å². The van der Waals surface area contributed by atoms with Crippen molar-refractivity contribution in [3.05, 3.63) is 83.8 Å². The third-order valence-corrected chi connectivity index (χ3v) is 3.94. The summed E-state index contributed by atoms with van der Waals surface area (Å²) in [6.45, 7) is 0.225. The van der Waals surface area contributed by atoms with Crippen LogP contribution in [0.5, 0.6) is 0 Å². The fourth-order valence-electron chi connectivity index (χ4n) is 2.65. The fourth-order valence-corrected chi connectivity index (χ4v) is 2.65. The lowest BCUT2D eigenvalue weighted by Crippen LogP contribution is -2.25. The fraction of sp³-hybridized carbons (Fsp3) is 0.150. The monoisotopic (exact) mass is 371 g/mol. The smallest absolute Gasteiger partial charge is 0.352 e. The Kier molecular flexibility index (Phi) is 5.49. The summed E-state index contributed by atoms with van der Waals surface area (Å²) in [6.07, 6.45) is 0.403. The molecule has 0 fully saturated rings. The topological polar surface area (TPSA) is 54.9 Å². The van der Waals surface area contributed by atoms with E-state index in [1.807, 2.05) is 18.2 Å². The Morgan fingerprint density at radius 1 is 1.00 bits per heavy atom. The zero-order chi connectivity index (χ0) is 19.3. The maximum Gasteiger partial charge on any atom is 0.416 e. The van der Waals surface area contributed by atoms with Crippen molar-refractivity contribution in [1.82, 2.24) is 15.3 Å². The first-order valence-corrected chi connectivity index (χ1v) is 8.20. The molecule has 3 aromatic rings. The minimum Gasteiger partial charge on any atom is -0.352 e. The first-order valence-electron chi connectivity index (χ1n) is 8.20. The number of hydrogen-bond acceptors (Lipinski definition) is 3. The number of alkyl halides is 3. The highest BCUT2D eigenvalue weighted by atomic mass is 19.4. The van der Waals surface area contributed by atoms with Crippen molar-refractivity contribution >= 4 is 5.91 Å². The van der Waals surface area contributed by atoms with Crippen molar-refractivity contribution in [2.75, 3.05) is 0 Å². The number of carbonyl (C=O) groups excluding carboxylic acids is 1. The zero-order valence-corrected chi connectivity index (χ0v) is 14.2. The molecule has 138 valence electrons. The molecule has 0 aliphatic heterocycles. The van der Waals surface area contributed by atoms with Crippen molar-refractivity contribution < 1.29 is 18.0 Å². The number of halogens is 3. The molecule has 1 amide bonds. The molecule has 0 saturated carbocycles. The molecule has 0 aliphatic rings. The summed E-state index contributed by atoms with van der Waals surface area (Å²) >= 11 is 0. The van der Waals surface area contributed by atoms with Crippen LogP contribution in [0.15, 0.2) is 67.1 Å². The Morgan fingerprint density at radius 2 is 1.78 bits per heavy atom. The molecule has 0 radical (unpaired) electrons. The van der Waals surface area contributed by atoms with E-state index in [2.05, 4.69) is 15.3 Å². The van der Waals surface area contributed by atoms with Gasteiger partial charge in [-0.15, -0.1) is 0 Å². The molecular formula is C20H16F3N3O. The average molecular weight is 371 g/mol. The number of amides is 1. The first kappa shape index (κ1) is 18.6. The zero-order valence-electron chi connectivity index (χ0n) is 14.2. The highest BCUT2D eigenvalue weighted by Crippen LogP contribution is 2.29. The van der Waals surface area contributed by atoms with Crippen LogP contribution < -0.4 is 5.32 Å². The molecule has 0 spiro atoms. The van der Waals surface area contributed by atoms with Crippen molar-refractivity contribution in [2.45, 2.75) is 19.1 Å². The second-order valence-electron chi connectivity index (χ2n) is 5.90. The molecule has 3 rings (SSSR count). The van der Waals surface area contributed by atoms with Crippen LogP contribution in [0.1, 0.15) is 16.7 Å². The molecule has 2 heterocycles. The second kappa shape index (κ2) is 7.99. The minimum absolute atomic E-state index is 0.130. The molecule has 0 unspecified atom stereocenters. The Labute approximate surface area is 154 Å². The van der Waals surface area contributed by atoms with Crippen LogP contribution in [0.4, 0.5) is 13.2 Å². The highest BCUT2D eigenvalue weighted by Gasteiger charge is 2.30. The second-order valence-corrected chi connectivity index (χ2v) is 5.90. The number of aromatic nitrogens is 2. The quantitative estimate of drug-likeness (QED) is 0.737. The molecule has 4 nitrogen and oxygen atoms in total. The Hall–Kier alpha value is -3.22. The van der Waals surface area contributed by atoms with E-state index in [0.717, 1.165) is 29.0 Å². The molecule has 1 N–H and O–H groups in total. The maximum absolute atomic E-state index is 12.8. The van der Waals surface area contributed by atoms with Gasteiger partial charge in [0, 0.05) is 30.7 Å². The van der Waals surface area contributed by atoms with E-state index in [1.54, 1.807) is 24.7 Å². The van der Waals surface area contributed by atoms with Crippen molar-refractivity contribution in [1.29, 1.82) is 0 Å². The lowest BCUT2D eigenvalue weighted by atomic mass is 10.1. The molecule has 1 aromatic carbocycles. The number of nitrogens with one attached hydrogen (secondary N) is 1. The summed E-state index contributed by atoms with van der Waals surface area (Å²) in [7, 11) is 0. The van der Waals surface area contributed by atoms with E-state index in [-0.39, 0.29) is 18.9 Å². The molecule has 27 heavy (non-hydrogen) atoms. The van der Waals surface area contributed by atoms with Gasteiger partial charge in [0.15, 0.2) is 0 Å². The van der Waals surface area contributed by atoms with Gasteiger partial charge < -0.3 is 5.32 Å². The minimum atomic E-state index is -4.43. The van der Waals surface area contributed by atoms with Gasteiger partial charge in [-0.2, -0.15) is 13.2 Å². The number of rotatable bonds is 5. The van der Waals surface area contributed by atoms with Gasteiger partial charge in [0.25, 0.3) is 0 Å². The standard InChI is InChI=1S/C20H16F3N3O/c21-20(22,23)17-5-1-3-14(11-17)12-18(27)26-13-16-4-2-8-25-19(16)15-6-9-24-10-7-15/h1-11H,12-13H2,(H,26,27). The molecule has 7 heteroatoms. The van der Waals surface area contributed by atoms with E-state index in [0.29, 0.717) is 5.56 Å². The van der Waals surface area contributed by atoms with Gasteiger partial charge in [0.2, 0.25) is 5.91 Å². The normalized spacial score (nSPS) is 11.2. The molecule has 0 saturated heterocycles. The van der Waals surface area contributed by atoms with Gasteiger partial charge in [0.05, 0.1) is 17.7 Å². The van der Waals surface area contributed by atoms with Crippen LogP contribution in [0.3, 0.4) is 0 Å². The third kappa shape index (κ3) is 4.91. The van der Waals surface area contributed by atoms with Gasteiger partial charge in [-0.3, -0.25) is 14.8 Å². The van der Waals surface area contributed by atoms with Crippen LogP contribution in [-0.2, 0) is 23.9 Å². The summed E-state index contributed by atoms with van der Waals surface area (Å²) in [5.74, 6) is -0.362. The number of nitrogens with zero attached hydrogens (tertiary/aromatic N) is 2. The van der Waals surface area contributed by atoms with Crippen molar-refractivity contribution in [3.63, 3.8) is 0 Å². The Bertz CT molecular complexity index is 927.